The first-order valence-electron chi connectivity index (χ1n) is 11.4. The lowest BCUT2D eigenvalue weighted by atomic mass is 9.47. The third kappa shape index (κ3) is 2.79. The molecule has 2 N–H and O–H groups in total. The summed E-state index contributed by atoms with van der Waals surface area (Å²) in [6.07, 6.45) is 14.6. The molecule has 162 valence electrons. The zero-order valence-electron chi connectivity index (χ0n) is 18.2. The molecule has 5 rings (SSSR count). The lowest BCUT2D eigenvalue weighted by Gasteiger charge is -2.58. The number of hydrogen-bond donors (Lipinski definition) is 2. The van der Waals surface area contributed by atoms with E-state index in [0.717, 1.165) is 56.1 Å². The van der Waals surface area contributed by atoms with Gasteiger partial charge >= 0.3 is 5.97 Å². The van der Waals surface area contributed by atoms with E-state index in [-0.39, 0.29) is 22.9 Å². The molecule has 0 aromatic heterocycles. The van der Waals surface area contributed by atoms with Gasteiger partial charge in [0.25, 0.3) is 0 Å². The highest BCUT2D eigenvalue weighted by Crippen LogP contribution is 2.66. The number of nitrogens with one attached hydrogen (secondary N) is 2. The molecule has 2 saturated carbocycles. The van der Waals surface area contributed by atoms with Gasteiger partial charge in [-0.25, -0.2) is 0 Å². The first-order valence-corrected chi connectivity index (χ1v) is 11.4. The summed E-state index contributed by atoms with van der Waals surface area (Å²) < 4.78 is 5.56. The molecule has 2 fully saturated rings. The second-order valence-corrected chi connectivity index (χ2v) is 10.3. The maximum atomic E-state index is 12.0. The van der Waals surface area contributed by atoms with Gasteiger partial charge in [-0.15, -0.1) is 5.53 Å². The molecule has 6 heteroatoms. The van der Waals surface area contributed by atoms with Gasteiger partial charge < -0.3 is 10.2 Å². The van der Waals surface area contributed by atoms with Gasteiger partial charge in [-0.2, -0.15) is 0 Å². The van der Waals surface area contributed by atoms with Crippen LogP contribution in [-0.2, 0) is 14.3 Å². The van der Waals surface area contributed by atoms with Crippen LogP contribution in [0.4, 0.5) is 0 Å². The first kappa shape index (κ1) is 19.9. The standard InChI is InChI=1S/C24H33N3O3/c1-15(29)30-18-6-8-23(2)17(13-18)4-5-19-20(23)7-9-24(3)21(19)12-16(14-28)22(24)27-11-10-25-26-27/h4,10-11,14,18-21,25-26H,5-9,12-13H2,1-3H3/t18?,19?,20?,21?,23-,24?/m0/s1. The molecule has 5 unspecified atom stereocenters. The smallest absolute Gasteiger partial charge is 0.302 e. The molecule has 0 amide bonds. The van der Waals surface area contributed by atoms with Crippen molar-refractivity contribution in [1.82, 2.24) is 16.0 Å². The molecular formula is C24H33N3O3. The third-order valence-corrected chi connectivity index (χ3v) is 8.94. The van der Waals surface area contributed by atoms with E-state index in [0.29, 0.717) is 17.8 Å². The minimum atomic E-state index is -0.170. The highest BCUT2D eigenvalue weighted by atomic mass is 16.5. The van der Waals surface area contributed by atoms with E-state index >= 15 is 0 Å². The fraction of sp³-hybridized carbons (Fsp3) is 0.667. The highest BCUT2D eigenvalue weighted by Gasteiger charge is 2.59. The van der Waals surface area contributed by atoms with Gasteiger partial charge in [-0.05, 0) is 61.7 Å². The number of esters is 1. The Morgan fingerprint density at radius 1 is 1.20 bits per heavy atom. The zero-order chi connectivity index (χ0) is 21.1. The molecule has 1 heterocycles. The minimum Gasteiger partial charge on any atom is -0.462 e. The minimum absolute atomic E-state index is 0.0113. The van der Waals surface area contributed by atoms with E-state index in [1.807, 2.05) is 17.4 Å². The Labute approximate surface area is 178 Å². The molecule has 6 nitrogen and oxygen atoms in total. The van der Waals surface area contributed by atoms with Crippen molar-refractivity contribution in [2.24, 2.45) is 28.6 Å². The topological polar surface area (TPSA) is 70.7 Å². The summed E-state index contributed by atoms with van der Waals surface area (Å²) in [5, 5.41) is 2.01. The van der Waals surface area contributed by atoms with Crippen molar-refractivity contribution in [2.75, 3.05) is 0 Å². The van der Waals surface area contributed by atoms with Crippen LogP contribution in [0.1, 0.15) is 65.7 Å². The lowest BCUT2D eigenvalue weighted by molar-refractivity contribution is -0.148. The van der Waals surface area contributed by atoms with E-state index in [9.17, 15) is 9.59 Å². The number of carbonyl (C=O) groups is 2. The predicted octanol–water partition coefficient (Wildman–Crippen LogP) is 3.74. The van der Waals surface area contributed by atoms with Crippen molar-refractivity contribution in [3.63, 3.8) is 0 Å². The van der Waals surface area contributed by atoms with Crippen LogP contribution in [0.3, 0.4) is 0 Å². The summed E-state index contributed by atoms with van der Waals surface area (Å²) in [6, 6.07) is 0. The van der Waals surface area contributed by atoms with Gasteiger partial charge in [0.15, 0.2) is 0 Å². The van der Waals surface area contributed by atoms with Crippen LogP contribution in [-0.4, -0.2) is 23.4 Å². The van der Waals surface area contributed by atoms with Crippen LogP contribution in [0.15, 0.2) is 35.3 Å². The second-order valence-electron chi connectivity index (χ2n) is 10.3. The fourth-order valence-electron chi connectivity index (χ4n) is 7.57. The average molecular weight is 412 g/mol. The molecule has 5 aliphatic rings. The Morgan fingerprint density at radius 3 is 2.70 bits per heavy atom. The SMILES string of the molecule is CC(=O)OC1CC[C@@]2(C)C(=CCC3C4CC(C=O)=C(N5C=CNN5)C4(C)CCC32)C1. The number of hydrogen-bond acceptors (Lipinski definition) is 6. The summed E-state index contributed by atoms with van der Waals surface area (Å²) in [6.45, 7) is 6.32. The van der Waals surface area contributed by atoms with E-state index in [2.05, 4.69) is 30.9 Å². The zero-order valence-corrected chi connectivity index (χ0v) is 18.2. The van der Waals surface area contributed by atoms with E-state index in [1.54, 1.807) is 0 Å². The number of hydrazine groups is 2. The monoisotopic (exact) mass is 411 g/mol. The Hall–Kier alpha value is -2.08. The van der Waals surface area contributed by atoms with Crippen molar-refractivity contribution in [1.29, 1.82) is 0 Å². The molecule has 0 aromatic rings. The number of rotatable bonds is 3. The van der Waals surface area contributed by atoms with Crippen molar-refractivity contribution in [3.8, 4) is 0 Å². The van der Waals surface area contributed by atoms with Gasteiger partial charge in [0.05, 0.1) is 0 Å². The molecule has 0 saturated heterocycles. The van der Waals surface area contributed by atoms with E-state index in [4.69, 9.17) is 4.74 Å². The summed E-state index contributed by atoms with van der Waals surface area (Å²) >= 11 is 0. The summed E-state index contributed by atoms with van der Waals surface area (Å²) in [5.74, 6) is 1.55. The quantitative estimate of drug-likeness (QED) is 0.419. The average Bonchev–Trinajstić information content (AvgIpc) is 3.32. The fourth-order valence-corrected chi connectivity index (χ4v) is 7.57. The Balaban J connectivity index is 1.43. The van der Waals surface area contributed by atoms with Crippen molar-refractivity contribution in [2.45, 2.75) is 71.8 Å². The lowest BCUT2D eigenvalue weighted by Crippen LogP contribution is -2.51. The van der Waals surface area contributed by atoms with Gasteiger partial charge in [0.2, 0.25) is 0 Å². The van der Waals surface area contributed by atoms with E-state index in [1.165, 1.54) is 18.9 Å². The maximum Gasteiger partial charge on any atom is 0.302 e. The van der Waals surface area contributed by atoms with Crippen LogP contribution in [0, 0.1) is 28.6 Å². The summed E-state index contributed by atoms with van der Waals surface area (Å²) in [5.41, 5.74) is 10.00. The van der Waals surface area contributed by atoms with Crippen molar-refractivity contribution < 1.29 is 14.3 Å². The summed E-state index contributed by atoms with van der Waals surface area (Å²) in [4.78, 5) is 23.5. The van der Waals surface area contributed by atoms with Gasteiger partial charge in [0.1, 0.15) is 12.4 Å². The molecule has 6 atom stereocenters. The molecule has 4 aliphatic carbocycles. The Bertz CT molecular complexity index is 862. The summed E-state index contributed by atoms with van der Waals surface area (Å²) in [7, 11) is 0. The van der Waals surface area contributed by atoms with Crippen LogP contribution >= 0.6 is 0 Å². The van der Waals surface area contributed by atoms with Crippen LogP contribution < -0.4 is 11.0 Å². The van der Waals surface area contributed by atoms with Crippen LogP contribution in [0.5, 0.6) is 0 Å². The maximum absolute atomic E-state index is 12.0. The molecule has 0 spiro atoms. The van der Waals surface area contributed by atoms with Crippen molar-refractivity contribution >= 4 is 12.3 Å². The largest absolute Gasteiger partial charge is 0.462 e. The van der Waals surface area contributed by atoms with E-state index < -0.39 is 0 Å². The number of fused-ring (bicyclic) bond motifs is 5. The predicted molar refractivity (Wildman–Crippen MR) is 113 cm³/mol. The number of allylic oxidation sites excluding steroid dienone is 3. The number of ether oxygens (including phenoxy) is 1. The number of carbonyl (C=O) groups excluding carboxylic acids is 2. The molecule has 0 radical (unpaired) electrons. The first-order chi connectivity index (χ1) is 14.4. The third-order valence-electron chi connectivity index (χ3n) is 8.94. The normalized spacial score (nSPS) is 42.1. The van der Waals surface area contributed by atoms with Crippen LogP contribution in [0.25, 0.3) is 0 Å². The van der Waals surface area contributed by atoms with Gasteiger partial charge in [-0.1, -0.05) is 25.5 Å². The molecule has 1 aliphatic heterocycles. The molecule has 0 bridgehead atoms. The number of nitrogens with zero attached hydrogens (tertiary/aromatic N) is 1. The Kier molecular flexibility index (Phi) is 4.62. The second kappa shape index (κ2) is 6.98. The van der Waals surface area contributed by atoms with Crippen molar-refractivity contribution in [3.05, 3.63) is 35.3 Å². The van der Waals surface area contributed by atoms with Gasteiger partial charge in [-0.3, -0.25) is 14.6 Å². The highest BCUT2D eigenvalue weighted by molar-refractivity contribution is 5.76. The van der Waals surface area contributed by atoms with Gasteiger partial charge in [0, 0.05) is 42.4 Å². The van der Waals surface area contributed by atoms with Crippen LogP contribution in [0.2, 0.25) is 0 Å². The molecular weight excluding hydrogens is 378 g/mol. The molecule has 30 heavy (non-hydrogen) atoms. The number of aldehydes is 1. The molecule has 0 aromatic carbocycles. The Morgan fingerprint density at radius 2 is 2.00 bits per heavy atom.